The maximum Gasteiger partial charge on any atom is 0.265 e. The first-order chi connectivity index (χ1) is 14.7. The Hall–Kier alpha value is -1.47. The Morgan fingerprint density at radius 1 is 1.19 bits per heavy atom. The molecule has 0 spiro atoms. The number of aliphatic hydroxyl groups is 1. The summed E-state index contributed by atoms with van der Waals surface area (Å²) in [5.74, 6) is -0.0321. The molecule has 2 aliphatic heterocycles. The van der Waals surface area contributed by atoms with Crippen LogP contribution in [0.25, 0.3) is 10.4 Å². The van der Waals surface area contributed by atoms with E-state index in [2.05, 4.69) is 4.90 Å². The fourth-order valence-corrected chi connectivity index (χ4v) is 6.07. The molecule has 31 heavy (non-hydrogen) atoms. The van der Waals surface area contributed by atoms with E-state index in [4.69, 9.17) is 11.6 Å². The molecule has 0 aliphatic carbocycles. The average Bonchev–Trinajstić information content (AvgIpc) is 3.37. The zero-order valence-electron chi connectivity index (χ0n) is 18.2. The summed E-state index contributed by atoms with van der Waals surface area (Å²) in [5.41, 5.74) is 0.798. The number of carbonyl (C=O) groups excluding carboxylic acids is 1. The van der Waals surface area contributed by atoms with Gasteiger partial charge in [0, 0.05) is 24.5 Å². The lowest BCUT2D eigenvalue weighted by atomic mass is 9.88. The van der Waals surface area contributed by atoms with Crippen molar-refractivity contribution in [1.82, 2.24) is 9.80 Å². The van der Waals surface area contributed by atoms with Crippen molar-refractivity contribution in [1.29, 1.82) is 0 Å². The molecule has 7 heteroatoms. The van der Waals surface area contributed by atoms with Crippen LogP contribution in [0.4, 0.5) is 4.39 Å². The van der Waals surface area contributed by atoms with Gasteiger partial charge in [-0.15, -0.1) is 11.3 Å². The van der Waals surface area contributed by atoms with Gasteiger partial charge in [0.2, 0.25) is 0 Å². The largest absolute Gasteiger partial charge is 0.389 e. The fraction of sp³-hybridized carbons (Fsp3) is 0.542. The van der Waals surface area contributed by atoms with Gasteiger partial charge in [-0.1, -0.05) is 23.7 Å². The number of hydrogen-bond acceptors (Lipinski definition) is 4. The van der Waals surface area contributed by atoms with Gasteiger partial charge in [-0.2, -0.15) is 0 Å². The monoisotopic (exact) mass is 464 g/mol. The van der Waals surface area contributed by atoms with Crippen LogP contribution in [0.5, 0.6) is 0 Å². The van der Waals surface area contributed by atoms with Crippen LogP contribution in [0.1, 0.15) is 60.7 Å². The fourth-order valence-electron chi connectivity index (χ4n) is 4.68. The topological polar surface area (TPSA) is 43.8 Å². The smallest absolute Gasteiger partial charge is 0.265 e. The van der Waals surface area contributed by atoms with Crippen molar-refractivity contribution in [2.75, 3.05) is 32.7 Å². The van der Waals surface area contributed by atoms with Gasteiger partial charge < -0.3 is 14.9 Å². The number of benzene rings is 1. The summed E-state index contributed by atoms with van der Waals surface area (Å²) < 4.78 is 15.0. The third-order valence-corrected chi connectivity index (χ3v) is 7.78. The van der Waals surface area contributed by atoms with E-state index in [1.807, 2.05) is 30.9 Å². The molecular weight excluding hydrogens is 435 g/mol. The van der Waals surface area contributed by atoms with Crippen molar-refractivity contribution in [3.8, 4) is 10.4 Å². The molecule has 168 valence electrons. The van der Waals surface area contributed by atoms with Crippen LogP contribution < -0.4 is 0 Å². The highest BCUT2D eigenvalue weighted by molar-refractivity contribution is 7.18. The van der Waals surface area contributed by atoms with E-state index in [9.17, 15) is 9.90 Å². The summed E-state index contributed by atoms with van der Waals surface area (Å²) in [6, 6.07) is 7.17. The van der Waals surface area contributed by atoms with Gasteiger partial charge in [0.25, 0.3) is 5.91 Å². The third kappa shape index (κ3) is 5.30. The molecule has 0 radical (unpaired) electrons. The molecule has 1 aromatic carbocycles. The minimum absolute atomic E-state index is 0.0198. The van der Waals surface area contributed by atoms with Crippen LogP contribution in [-0.4, -0.2) is 59.1 Å². The van der Waals surface area contributed by atoms with Crippen LogP contribution in [0.3, 0.4) is 0 Å². The molecule has 2 aliphatic rings. The Morgan fingerprint density at radius 2 is 1.87 bits per heavy atom. The quantitative estimate of drug-likeness (QED) is 0.644. The molecule has 1 amide bonds. The van der Waals surface area contributed by atoms with E-state index in [0.29, 0.717) is 16.4 Å². The first-order valence-corrected chi connectivity index (χ1v) is 12.2. The first-order valence-electron chi connectivity index (χ1n) is 11.0. The van der Waals surface area contributed by atoms with E-state index in [0.717, 1.165) is 67.9 Å². The van der Waals surface area contributed by atoms with Crippen LogP contribution in [-0.2, 0) is 0 Å². The number of carbonyl (C=O) groups is 1. The highest BCUT2D eigenvalue weighted by Gasteiger charge is 2.27. The number of likely N-dealkylation sites (tertiary alicyclic amines) is 2. The van der Waals surface area contributed by atoms with E-state index < -0.39 is 5.60 Å². The molecule has 0 bridgehead atoms. The van der Waals surface area contributed by atoms with Gasteiger partial charge in [-0.05, 0) is 81.8 Å². The van der Waals surface area contributed by atoms with Crippen LogP contribution in [0, 0.1) is 5.82 Å². The Morgan fingerprint density at radius 3 is 2.48 bits per heavy atom. The molecule has 1 aromatic heterocycles. The molecule has 3 heterocycles. The van der Waals surface area contributed by atoms with Gasteiger partial charge in [-0.25, -0.2) is 4.39 Å². The van der Waals surface area contributed by atoms with Gasteiger partial charge in [0.05, 0.1) is 10.6 Å². The second-order valence-electron chi connectivity index (χ2n) is 9.39. The lowest BCUT2D eigenvalue weighted by Crippen LogP contribution is -2.42. The summed E-state index contributed by atoms with van der Waals surface area (Å²) in [4.78, 5) is 18.2. The van der Waals surface area contributed by atoms with E-state index in [-0.39, 0.29) is 17.6 Å². The minimum Gasteiger partial charge on any atom is -0.389 e. The Labute approximate surface area is 192 Å². The minimum atomic E-state index is -0.712. The first kappa shape index (κ1) is 22.7. The van der Waals surface area contributed by atoms with Gasteiger partial charge >= 0.3 is 0 Å². The summed E-state index contributed by atoms with van der Waals surface area (Å²) in [6.45, 7) is 7.55. The number of hydrogen-bond donors (Lipinski definition) is 1. The van der Waals surface area contributed by atoms with Crippen molar-refractivity contribution >= 4 is 28.8 Å². The van der Waals surface area contributed by atoms with E-state index in [1.54, 1.807) is 12.1 Å². The molecule has 4 nitrogen and oxygen atoms in total. The Bertz CT molecular complexity index is 942. The summed E-state index contributed by atoms with van der Waals surface area (Å²) in [6.07, 6.45) is 3.83. The summed E-state index contributed by atoms with van der Waals surface area (Å²) >= 11 is 7.71. The van der Waals surface area contributed by atoms with Gasteiger partial charge in [0.15, 0.2) is 0 Å². The summed E-state index contributed by atoms with van der Waals surface area (Å²) in [5, 5.41) is 10.5. The molecule has 0 unspecified atom stereocenters. The molecular formula is C24H30ClFN2O2S. The zero-order valence-corrected chi connectivity index (χ0v) is 19.7. The standard InChI is InChI=1S/C24H30ClFN2O2S/c1-24(2,30)15-27-11-7-16(8-12-27)18-6-5-17(13-20(18)26)21-14-19(25)22(31-21)23(29)28-9-3-4-10-28/h5-6,13-14,16,30H,3-4,7-12,15H2,1-2H3. The lowest BCUT2D eigenvalue weighted by Gasteiger charge is -2.35. The van der Waals surface area contributed by atoms with E-state index >= 15 is 4.39 Å². The van der Waals surface area contributed by atoms with Crippen molar-refractivity contribution in [3.05, 3.63) is 45.5 Å². The zero-order chi connectivity index (χ0) is 22.2. The van der Waals surface area contributed by atoms with Gasteiger partial charge in [0.1, 0.15) is 10.7 Å². The lowest BCUT2D eigenvalue weighted by molar-refractivity contribution is 0.0280. The summed E-state index contributed by atoms with van der Waals surface area (Å²) in [7, 11) is 0. The maximum absolute atomic E-state index is 15.0. The molecule has 0 atom stereocenters. The molecule has 2 fully saturated rings. The highest BCUT2D eigenvalue weighted by atomic mass is 35.5. The molecule has 2 aromatic rings. The molecule has 1 N–H and O–H groups in total. The average molecular weight is 465 g/mol. The number of nitrogens with zero attached hydrogens (tertiary/aromatic N) is 2. The predicted molar refractivity (Wildman–Crippen MR) is 125 cm³/mol. The van der Waals surface area contributed by atoms with Crippen molar-refractivity contribution in [2.24, 2.45) is 0 Å². The van der Waals surface area contributed by atoms with E-state index in [1.165, 1.54) is 11.3 Å². The predicted octanol–water partition coefficient (Wildman–Crippen LogP) is 5.39. The van der Waals surface area contributed by atoms with Crippen molar-refractivity contribution in [3.63, 3.8) is 0 Å². The SMILES string of the molecule is CC(C)(O)CN1CCC(c2ccc(-c3cc(Cl)c(C(=O)N4CCCC4)s3)cc2F)CC1. The van der Waals surface area contributed by atoms with Crippen LogP contribution in [0.2, 0.25) is 5.02 Å². The number of piperidine rings is 1. The highest BCUT2D eigenvalue weighted by Crippen LogP contribution is 2.38. The number of halogens is 2. The molecule has 4 rings (SSSR count). The molecule has 0 saturated carbocycles. The van der Waals surface area contributed by atoms with Crippen LogP contribution in [0.15, 0.2) is 24.3 Å². The Kier molecular flexibility index (Phi) is 6.73. The number of β-amino-alcohol motifs (C(OH)–C–C–N with tert-alkyl or cyclic N) is 1. The Balaban J connectivity index is 1.46. The van der Waals surface area contributed by atoms with Crippen LogP contribution >= 0.6 is 22.9 Å². The number of amides is 1. The number of thiophene rings is 1. The molecule has 2 saturated heterocycles. The number of rotatable bonds is 5. The third-order valence-electron chi connectivity index (χ3n) is 6.20. The maximum atomic E-state index is 15.0. The van der Waals surface area contributed by atoms with Crippen molar-refractivity contribution < 1.29 is 14.3 Å². The van der Waals surface area contributed by atoms with Gasteiger partial charge in [-0.3, -0.25) is 4.79 Å². The van der Waals surface area contributed by atoms with Crippen molar-refractivity contribution in [2.45, 2.75) is 51.0 Å². The second kappa shape index (κ2) is 9.18. The second-order valence-corrected chi connectivity index (χ2v) is 10.8. The normalized spacial score (nSPS) is 18.7.